The summed E-state index contributed by atoms with van der Waals surface area (Å²) in [6, 6.07) is -1.08. The highest BCUT2D eigenvalue weighted by molar-refractivity contribution is 6.05. The monoisotopic (exact) mass is 181 g/mol. The van der Waals surface area contributed by atoms with Crippen LogP contribution < -0.4 is 0 Å². The molecule has 2 amide bonds. The summed E-state index contributed by atoms with van der Waals surface area (Å²) in [6.45, 7) is 0. The van der Waals surface area contributed by atoms with Crippen molar-refractivity contribution in [1.82, 2.24) is 5.01 Å². The van der Waals surface area contributed by atoms with E-state index in [1.54, 1.807) is 0 Å². The van der Waals surface area contributed by atoms with Gasteiger partial charge in [-0.2, -0.15) is 4.91 Å². The predicted octanol–water partition coefficient (Wildman–Crippen LogP) is 0.649. The normalized spacial score (nSPS) is 20.9. The predicted molar refractivity (Wildman–Crippen MR) is 38.6 cm³/mol. The molecule has 0 aromatic carbocycles. The lowest BCUT2D eigenvalue weighted by Gasteiger charge is -1.97. The van der Waals surface area contributed by atoms with E-state index in [0.717, 1.165) is 0 Å². The smallest absolute Gasteiger partial charge is 0.246 e. The molecule has 66 valence electrons. The molecule has 13 heavy (non-hydrogen) atoms. The summed E-state index contributed by atoms with van der Waals surface area (Å²) in [5.41, 5.74) is 16.0. The van der Waals surface area contributed by atoms with Gasteiger partial charge in [0.1, 0.15) is 0 Å². The van der Waals surface area contributed by atoms with Crippen LogP contribution in [0, 0.1) is 0 Å². The van der Waals surface area contributed by atoms with E-state index in [-0.39, 0.29) is 6.42 Å². The van der Waals surface area contributed by atoms with E-state index in [2.05, 4.69) is 20.2 Å². The Bertz CT molecular complexity index is 350. The molecule has 0 aromatic heterocycles. The molecule has 1 atom stereocenters. The van der Waals surface area contributed by atoms with Gasteiger partial charge in [0.2, 0.25) is 0 Å². The zero-order valence-corrected chi connectivity index (χ0v) is 6.23. The molecular formula is C4H3N7O2. The minimum absolute atomic E-state index is 0.248. The Balaban J connectivity index is 2.93. The van der Waals surface area contributed by atoms with Crippen LogP contribution in [-0.2, 0) is 9.59 Å². The molecule has 1 saturated heterocycles. The van der Waals surface area contributed by atoms with Gasteiger partial charge in [0.15, 0.2) is 6.04 Å². The summed E-state index contributed by atoms with van der Waals surface area (Å²) in [4.78, 5) is 26.7. The summed E-state index contributed by atoms with van der Waals surface area (Å²) < 4.78 is 0. The number of hydrogen-bond acceptors (Lipinski definition) is 4. The number of rotatable bonds is 2. The Hall–Kier alpha value is -2.24. The van der Waals surface area contributed by atoms with Crippen LogP contribution in [0.1, 0.15) is 6.42 Å². The minimum atomic E-state index is -1.08. The molecule has 0 spiro atoms. The maximum Gasteiger partial charge on any atom is 0.329 e. The van der Waals surface area contributed by atoms with Crippen molar-refractivity contribution in [1.29, 1.82) is 0 Å². The van der Waals surface area contributed by atoms with Crippen molar-refractivity contribution in [3.05, 3.63) is 20.9 Å². The van der Waals surface area contributed by atoms with Crippen molar-refractivity contribution >= 4 is 11.8 Å². The lowest BCUT2D eigenvalue weighted by atomic mass is 10.3. The van der Waals surface area contributed by atoms with Crippen LogP contribution in [-0.4, -0.2) is 22.9 Å². The molecule has 1 fully saturated rings. The summed E-state index contributed by atoms with van der Waals surface area (Å²) in [5.74, 6) is -1.46. The largest absolute Gasteiger partial charge is 0.329 e. The number of amides is 2. The van der Waals surface area contributed by atoms with Gasteiger partial charge < -0.3 is 0 Å². The molecule has 0 N–H and O–H groups in total. The molecule has 0 saturated carbocycles. The zero-order valence-electron chi connectivity index (χ0n) is 6.23. The van der Waals surface area contributed by atoms with Gasteiger partial charge in [0, 0.05) is 4.91 Å². The van der Waals surface area contributed by atoms with Crippen molar-refractivity contribution in [3.63, 3.8) is 0 Å². The van der Waals surface area contributed by atoms with Gasteiger partial charge in [-0.15, -0.1) is 10.5 Å². The average molecular weight is 181 g/mol. The second-order valence-corrected chi connectivity index (χ2v) is 2.15. The van der Waals surface area contributed by atoms with E-state index in [9.17, 15) is 9.59 Å². The first-order chi connectivity index (χ1) is 6.20. The van der Waals surface area contributed by atoms with Crippen molar-refractivity contribution in [2.45, 2.75) is 12.5 Å². The average Bonchev–Trinajstić information content (AvgIpc) is 2.34. The van der Waals surface area contributed by atoms with Crippen LogP contribution in [0.5, 0.6) is 0 Å². The second-order valence-electron chi connectivity index (χ2n) is 2.15. The second kappa shape index (κ2) is 3.44. The molecule has 1 rings (SSSR count). The third kappa shape index (κ3) is 1.51. The summed E-state index contributed by atoms with van der Waals surface area (Å²) >= 11 is 0. The van der Waals surface area contributed by atoms with Gasteiger partial charge in [0.25, 0.3) is 0 Å². The number of imide groups is 1. The van der Waals surface area contributed by atoms with Gasteiger partial charge in [-0.25, -0.2) is 9.59 Å². The minimum Gasteiger partial charge on any atom is -0.246 e. The summed E-state index contributed by atoms with van der Waals surface area (Å²) in [7, 11) is 0. The first kappa shape index (κ1) is 8.85. The lowest BCUT2D eigenvalue weighted by molar-refractivity contribution is -0.138. The van der Waals surface area contributed by atoms with Gasteiger partial charge in [-0.05, 0) is 10.8 Å². The third-order valence-corrected chi connectivity index (χ3v) is 1.42. The van der Waals surface area contributed by atoms with Crippen LogP contribution >= 0.6 is 0 Å². The van der Waals surface area contributed by atoms with Crippen molar-refractivity contribution in [2.75, 3.05) is 0 Å². The fraction of sp³-hybridized carbons (Fsp3) is 0.500. The van der Waals surface area contributed by atoms with Gasteiger partial charge in [-0.3, -0.25) is 0 Å². The van der Waals surface area contributed by atoms with Crippen molar-refractivity contribution in [3.8, 4) is 0 Å². The van der Waals surface area contributed by atoms with Gasteiger partial charge in [0.05, 0.1) is 6.42 Å². The first-order valence-corrected chi connectivity index (χ1v) is 3.16. The van der Waals surface area contributed by atoms with Crippen molar-refractivity contribution in [2.24, 2.45) is 10.3 Å². The van der Waals surface area contributed by atoms with E-state index in [1.807, 2.05) is 0 Å². The van der Waals surface area contributed by atoms with Crippen LogP contribution in [0.4, 0.5) is 0 Å². The SMILES string of the molecule is [N-]=[N+]=NC1CC(=O)N(N=[N+]=[N-])C1=O. The Kier molecular flexibility index (Phi) is 2.34. The Labute approximate surface area is 71.1 Å². The molecule has 9 nitrogen and oxygen atoms in total. The van der Waals surface area contributed by atoms with Gasteiger partial charge in [-0.1, -0.05) is 5.11 Å². The highest BCUT2D eigenvalue weighted by Gasteiger charge is 2.42. The number of carbonyl (C=O) groups excluding carboxylic acids is 2. The maximum atomic E-state index is 11.1. The zero-order chi connectivity index (χ0) is 9.84. The standard InChI is InChI=1S/C4H3N7O2/c5-8-7-2-1-3(12)11(4(2)13)10-9-6/h2H,1H2. The molecule has 1 heterocycles. The molecule has 1 aliphatic rings. The van der Waals surface area contributed by atoms with Crippen molar-refractivity contribution < 1.29 is 9.59 Å². The van der Waals surface area contributed by atoms with E-state index < -0.39 is 17.9 Å². The molecule has 0 aromatic rings. The quantitative estimate of drug-likeness (QED) is 0.267. The lowest BCUT2D eigenvalue weighted by Crippen LogP contribution is -2.25. The van der Waals surface area contributed by atoms with E-state index in [4.69, 9.17) is 11.1 Å². The Morgan fingerprint density at radius 3 is 2.62 bits per heavy atom. The fourth-order valence-electron chi connectivity index (χ4n) is 0.890. The van der Waals surface area contributed by atoms with Crippen LogP contribution in [0.3, 0.4) is 0 Å². The number of nitrogens with zero attached hydrogens (tertiary/aromatic N) is 7. The first-order valence-electron chi connectivity index (χ1n) is 3.16. The maximum absolute atomic E-state index is 11.1. The van der Waals surface area contributed by atoms with Crippen LogP contribution in [0.25, 0.3) is 20.9 Å². The van der Waals surface area contributed by atoms with Crippen LogP contribution in [0.2, 0.25) is 0 Å². The highest BCUT2D eigenvalue weighted by Crippen LogP contribution is 2.16. The van der Waals surface area contributed by atoms with E-state index in [0.29, 0.717) is 5.01 Å². The van der Waals surface area contributed by atoms with Crippen LogP contribution in [0.15, 0.2) is 10.3 Å². The molecule has 0 bridgehead atoms. The fourth-order valence-corrected chi connectivity index (χ4v) is 0.890. The molecule has 0 radical (unpaired) electrons. The molecule has 9 heteroatoms. The van der Waals surface area contributed by atoms with E-state index >= 15 is 0 Å². The molecule has 0 aliphatic carbocycles. The Morgan fingerprint density at radius 2 is 2.08 bits per heavy atom. The summed E-state index contributed by atoms with van der Waals surface area (Å²) in [6.07, 6.45) is -0.248. The third-order valence-electron chi connectivity index (χ3n) is 1.42. The topological polar surface area (TPSA) is 135 Å². The molecule has 1 aliphatic heterocycles. The molecule has 1 unspecified atom stereocenters. The number of hydrogen-bond donors (Lipinski definition) is 0. The van der Waals surface area contributed by atoms with E-state index in [1.165, 1.54) is 0 Å². The van der Waals surface area contributed by atoms with Gasteiger partial charge >= 0.3 is 11.8 Å². The molecular weight excluding hydrogens is 178 g/mol. The summed E-state index contributed by atoms with van der Waals surface area (Å²) in [5, 5.41) is 6.28. The Morgan fingerprint density at radius 1 is 1.38 bits per heavy atom. The number of azide groups is 2. The highest BCUT2D eigenvalue weighted by atomic mass is 16.2. The number of carbonyl (C=O) groups is 2.